The zero-order valence-electron chi connectivity index (χ0n) is 11.2. The summed E-state index contributed by atoms with van der Waals surface area (Å²) >= 11 is 0. The number of urea groups is 1. The van der Waals surface area contributed by atoms with Gasteiger partial charge in [-0.3, -0.25) is 4.79 Å². The molecule has 2 amide bonds. The van der Waals surface area contributed by atoms with Crippen LogP contribution in [0.4, 0.5) is 4.79 Å². The Hall–Kier alpha value is -1.98. The second-order valence-corrected chi connectivity index (χ2v) is 4.64. The van der Waals surface area contributed by atoms with E-state index in [1.165, 1.54) is 0 Å². The van der Waals surface area contributed by atoms with E-state index < -0.39 is 5.97 Å². The summed E-state index contributed by atoms with van der Waals surface area (Å²) in [6.07, 6.45) is 2.67. The second-order valence-electron chi connectivity index (χ2n) is 4.64. The Balaban J connectivity index is 2.24. The van der Waals surface area contributed by atoms with Crippen molar-refractivity contribution in [1.82, 2.24) is 10.6 Å². The molecule has 0 aliphatic heterocycles. The summed E-state index contributed by atoms with van der Waals surface area (Å²) < 4.78 is 5.19. The smallest absolute Gasteiger partial charge is 0.315 e. The van der Waals surface area contributed by atoms with Gasteiger partial charge < -0.3 is 20.2 Å². The first-order valence-electron chi connectivity index (χ1n) is 6.28. The molecule has 0 spiro atoms. The van der Waals surface area contributed by atoms with Gasteiger partial charge in [-0.05, 0) is 32.4 Å². The van der Waals surface area contributed by atoms with E-state index in [-0.39, 0.29) is 24.5 Å². The number of amides is 2. The van der Waals surface area contributed by atoms with Gasteiger partial charge in [0.05, 0.1) is 6.26 Å². The molecular formula is C13H20N2O4. The molecule has 1 rings (SSSR count). The average Bonchev–Trinajstić information content (AvgIpc) is 2.78. The Bertz CT molecular complexity index is 403. The van der Waals surface area contributed by atoms with Crippen molar-refractivity contribution in [2.24, 2.45) is 0 Å². The van der Waals surface area contributed by atoms with E-state index in [0.717, 1.165) is 5.76 Å². The van der Waals surface area contributed by atoms with Gasteiger partial charge in [-0.25, -0.2) is 4.79 Å². The fourth-order valence-electron chi connectivity index (χ4n) is 1.68. The van der Waals surface area contributed by atoms with E-state index in [4.69, 9.17) is 9.52 Å². The second kappa shape index (κ2) is 7.45. The lowest BCUT2D eigenvalue weighted by atomic mass is 10.2. The number of hydrogen-bond donors (Lipinski definition) is 3. The Kier molecular flexibility index (Phi) is 5.92. The van der Waals surface area contributed by atoms with E-state index >= 15 is 0 Å². The van der Waals surface area contributed by atoms with Crippen LogP contribution >= 0.6 is 0 Å². The monoisotopic (exact) mass is 268 g/mol. The van der Waals surface area contributed by atoms with Crippen LogP contribution in [0.5, 0.6) is 0 Å². The molecule has 19 heavy (non-hydrogen) atoms. The predicted molar refractivity (Wildman–Crippen MR) is 69.9 cm³/mol. The summed E-state index contributed by atoms with van der Waals surface area (Å²) in [4.78, 5) is 22.0. The van der Waals surface area contributed by atoms with Crippen LogP contribution in [0.15, 0.2) is 22.8 Å². The molecule has 0 fully saturated rings. The van der Waals surface area contributed by atoms with Crippen molar-refractivity contribution in [2.45, 2.75) is 45.2 Å². The number of carboxylic acid groups (broad SMARTS) is 1. The van der Waals surface area contributed by atoms with Crippen LogP contribution < -0.4 is 10.6 Å². The fraction of sp³-hybridized carbons (Fsp3) is 0.538. The maximum Gasteiger partial charge on any atom is 0.315 e. The molecule has 0 aromatic carbocycles. The quantitative estimate of drug-likeness (QED) is 0.702. The van der Waals surface area contributed by atoms with Crippen LogP contribution in [0.25, 0.3) is 0 Å². The topological polar surface area (TPSA) is 91.6 Å². The van der Waals surface area contributed by atoms with Crippen molar-refractivity contribution in [3.63, 3.8) is 0 Å². The normalized spacial score (nSPS) is 13.6. The molecule has 3 N–H and O–H groups in total. The molecule has 1 aromatic heterocycles. The Morgan fingerprint density at radius 3 is 2.58 bits per heavy atom. The first-order valence-corrected chi connectivity index (χ1v) is 6.28. The SMILES string of the molecule is CC(CCC(=O)O)NC(=O)NC(C)Cc1ccco1. The standard InChI is InChI=1S/C13H20N2O4/c1-9(5-6-12(16)17)14-13(18)15-10(2)8-11-4-3-7-19-11/h3-4,7,9-10H,5-6,8H2,1-2H3,(H,16,17)(H2,14,15,18). The third-order valence-electron chi connectivity index (χ3n) is 2.63. The van der Waals surface area contributed by atoms with Gasteiger partial charge in [-0.15, -0.1) is 0 Å². The molecule has 2 atom stereocenters. The minimum absolute atomic E-state index is 0.0450. The van der Waals surface area contributed by atoms with Crippen molar-refractivity contribution in [1.29, 1.82) is 0 Å². The minimum atomic E-state index is -0.861. The van der Waals surface area contributed by atoms with E-state index in [2.05, 4.69) is 10.6 Å². The Morgan fingerprint density at radius 1 is 1.32 bits per heavy atom. The largest absolute Gasteiger partial charge is 0.481 e. The van der Waals surface area contributed by atoms with Gasteiger partial charge >= 0.3 is 12.0 Å². The number of hydrogen-bond acceptors (Lipinski definition) is 3. The molecule has 6 heteroatoms. The molecule has 0 saturated carbocycles. The summed E-state index contributed by atoms with van der Waals surface area (Å²) in [5.74, 6) is -0.0491. The summed E-state index contributed by atoms with van der Waals surface area (Å²) in [5.41, 5.74) is 0. The van der Waals surface area contributed by atoms with Crippen molar-refractivity contribution >= 4 is 12.0 Å². The zero-order valence-corrected chi connectivity index (χ0v) is 11.2. The highest BCUT2D eigenvalue weighted by atomic mass is 16.4. The third-order valence-corrected chi connectivity index (χ3v) is 2.63. The van der Waals surface area contributed by atoms with Gasteiger partial charge in [-0.1, -0.05) is 0 Å². The molecule has 0 radical (unpaired) electrons. The van der Waals surface area contributed by atoms with Crippen molar-refractivity contribution < 1.29 is 19.1 Å². The molecule has 1 heterocycles. The molecular weight excluding hydrogens is 248 g/mol. The fourth-order valence-corrected chi connectivity index (χ4v) is 1.68. The van der Waals surface area contributed by atoms with E-state index in [9.17, 15) is 9.59 Å². The van der Waals surface area contributed by atoms with Crippen molar-refractivity contribution in [2.75, 3.05) is 0 Å². The maximum atomic E-state index is 11.6. The van der Waals surface area contributed by atoms with Gasteiger partial charge in [0, 0.05) is 24.9 Å². The Morgan fingerprint density at radius 2 is 2.00 bits per heavy atom. The van der Waals surface area contributed by atoms with E-state index in [1.54, 1.807) is 19.3 Å². The van der Waals surface area contributed by atoms with Gasteiger partial charge in [0.2, 0.25) is 0 Å². The lowest BCUT2D eigenvalue weighted by Crippen LogP contribution is -2.45. The number of aliphatic carboxylic acids is 1. The molecule has 0 saturated heterocycles. The van der Waals surface area contributed by atoms with Crippen molar-refractivity contribution in [3.05, 3.63) is 24.2 Å². The summed E-state index contributed by atoms with van der Waals surface area (Å²) in [5, 5.41) is 14.0. The van der Waals surface area contributed by atoms with Crippen LogP contribution in [-0.4, -0.2) is 29.2 Å². The average molecular weight is 268 g/mol. The first-order chi connectivity index (χ1) is 8.97. The number of carboxylic acids is 1. The highest BCUT2D eigenvalue weighted by Gasteiger charge is 2.12. The molecule has 1 aromatic rings. The summed E-state index contributed by atoms with van der Waals surface area (Å²) in [6.45, 7) is 3.66. The van der Waals surface area contributed by atoms with Gasteiger partial charge in [0.25, 0.3) is 0 Å². The first kappa shape index (κ1) is 15.1. The third kappa shape index (κ3) is 6.49. The number of furan rings is 1. The molecule has 0 bridgehead atoms. The highest BCUT2D eigenvalue weighted by Crippen LogP contribution is 2.03. The van der Waals surface area contributed by atoms with Crippen LogP contribution in [0.2, 0.25) is 0 Å². The van der Waals surface area contributed by atoms with Gasteiger partial charge in [-0.2, -0.15) is 0 Å². The van der Waals surface area contributed by atoms with Crippen molar-refractivity contribution in [3.8, 4) is 0 Å². The molecule has 2 unspecified atom stereocenters. The van der Waals surface area contributed by atoms with E-state index in [1.807, 2.05) is 13.0 Å². The zero-order chi connectivity index (χ0) is 14.3. The van der Waals surface area contributed by atoms with Gasteiger partial charge in [0.15, 0.2) is 0 Å². The van der Waals surface area contributed by atoms with Crippen LogP contribution in [-0.2, 0) is 11.2 Å². The summed E-state index contributed by atoms with van der Waals surface area (Å²) in [6, 6.07) is 3.13. The number of carbonyl (C=O) groups is 2. The van der Waals surface area contributed by atoms with E-state index in [0.29, 0.717) is 12.8 Å². The Labute approximate surface area is 112 Å². The minimum Gasteiger partial charge on any atom is -0.481 e. The molecule has 106 valence electrons. The lowest BCUT2D eigenvalue weighted by molar-refractivity contribution is -0.137. The highest BCUT2D eigenvalue weighted by molar-refractivity contribution is 5.74. The lowest BCUT2D eigenvalue weighted by Gasteiger charge is -2.17. The van der Waals surface area contributed by atoms with Crippen LogP contribution in [0.1, 0.15) is 32.4 Å². The van der Waals surface area contributed by atoms with Crippen LogP contribution in [0.3, 0.4) is 0 Å². The number of nitrogens with one attached hydrogen (secondary N) is 2. The molecule has 0 aliphatic carbocycles. The molecule has 6 nitrogen and oxygen atoms in total. The molecule has 0 aliphatic rings. The number of rotatable bonds is 7. The predicted octanol–water partition coefficient (Wildman–Crippen LogP) is 1.76. The number of carbonyl (C=O) groups excluding carboxylic acids is 1. The maximum absolute atomic E-state index is 11.6. The van der Waals surface area contributed by atoms with Gasteiger partial charge in [0.1, 0.15) is 5.76 Å². The van der Waals surface area contributed by atoms with Crippen LogP contribution in [0, 0.1) is 0 Å². The summed E-state index contributed by atoms with van der Waals surface area (Å²) in [7, 11) is 0.